The molecule has 150 valence electrons. The van der Waals surface area contributed by atoms with Crippen molar-refractivity contribution in [1.29, 1.82) is 0 Å². The summed E-state index contributed by atoms with van der Waals surface area (Å²) in [6.45, 7) is 6.88. The molecule has 0 amide bonds. The van der Waals surface area contributed by atoms with Crippen LogP contribution in [0.1, 0.15) is 24.1 Å². The molecule has 0 unspecified atom stereocenters. The summed E-state index contributed by atoms with van der Waals surface area (Å²) in [7, 11) is 0. The molecule has 4 rings (SSSR count). The summed E-state index contributed by atoms with van der Waals surface area (Å²) in [6, 6.07) is 9.87. The first kappa shape index (κ1) is 19.4. The molecule has 0 saturated carbocycles. The number of fused-ring (bicyclic) bond motifs is 3. The molecule has 29 heavy (non-hydrogen) atoms. The maximum atomic E-state index is 11.8. The highest BCUT2D eigenvalue weighted by molar-refractivity contribution is 7.99. The van der Waals surface area contributed by atoms with Gasteiger partial charge in [-0.05, 0) is 39.0 Å². The average molecular weight is 411 g/mol. The zero-order valence-corrected chi connectivity index (χ0v) is 17.4. The Balaban J connectivity index is 1.67. The molecule has 0 bridgehead atoms. The molecule has 3 aromatic heterocycles. The van der Waals surface area contributed by atoms with Gasteiger partial charge in [0.05, 0.1) is 23.6 Å². The van der Waals surface area contributed by atoms with Crippen molar-refractivity contribution in [2.75, 3.05) is 12.4 Å². The van der Waals surface area contributed by atoms with E-state index in [4.69, 9.17) is 9.72 Å². The standard InChI is InChI=1S/C20H22N6O2S/c1-4-28-18(27)12-29-20-21-16-8-6-5-7-15(16)19-22-17(24-26(19)20)9-10-25-14(3)11-13(2)23-25/h5-8,11H,4,9-10,12H2,1-3H3. The number of aromatic nitrogens is 6. The SMILES string of the molecule is CCOC(=O)CSc1nc2ccccc2c2nc(CCn3nc(C)cc3C)nn12. The normalized spacial score (nSPS) is 11.4. The van der Waals surface area contributed by atoms with E-state index >= 15 is 0 Å². The van der Waals surface area contributed by atoms with E-state index in [1.807, 2.05) is 42.8 Å². The molecule has 0 atom stereocenters. The Hall–Kier alpha value is -2.94. The number of carbonyl (C=O) groups is 1. The van der Waals surface area contributed by atoms with Gasteiger partial charge in [0.2, 0.25) is 0 Å². The van der Waals surface area contributed by atoms with Crippen LogP contribution in [0.3, 0.4) is 0 Å². The first-order chi connectivity index (χ1) is 14.0. The fraction of sp³-hybridized carbons (Fsp3) is 0.350. The Morgan fingerprint density at radius 1 is 1.17 bits per heavy atom. The number of ether oxygens (including phenoxy) is 1. The quantitative estimate of drug-likeness (QED) is 0.263. The molecular formula is C20H22N6O2S. The second-order valence-corrected chi connectivity index (χ2v) is 7.61. The number of thioether (sulfide) groups is 1. The van der Waals surface area contributed by atoms with E-state index in [1.165, 1.54) is 11.8 Å². The van der Waals surface area contributed by atoms with Gasteiger partial charge in [0.15, 0.2) is 16.6 Å². The fourth-order valence-corrected chi connectivity index (χ4v) is 3.95. The monoisotopic (exact) mass is 410 g/mol. The summed E-state index contributed by atoms with van der Waals surface area (Å²) < 4.78 is 8.72. The molecule has 1 aromatic carbocycles. The number of esters is 1. The van der Waals surface area contributed by atoms with Crippen molar-refractivity contribution in [3.63, 3.8) is 0 Å². The fourth-order valence-electron chi connectivity index (χ4n) is 3.21. The Morgan fingerprint density at radius 3 is 2.76 bits per heavy atom. The van der Waals surface area contributed by atoms with Crippen LogP contribution in [0.25, 0.3) is 16.6 Å². The van der Waals surface area contributed by atoms with Gasteiger partial charge in [-0.15, -0.1) is 5.10 Å². The van der Waals surface area contributed by atoms with E-state index < -0.39 is 0 Å². The Labute approximate surface area is 172 Å². The number of rotatable bonds is 7. The number of carbonyl (C=O) groups excluding carboxylic acids is 1. The molecule has 0 saturated heterocycles. The van der Waals surface area contributed by atoms with Crippen molar-refractivity contribution in [2.45, 2.75) is 38.9 Å². The van der Waals surface area contributed by atoms with E-state index in [0.29, 0.717) is 30.6 Å². The highest BCUT2D eigenvalue weighted by Crippen LogP contribution is 2.24. The number of hydrogen-bond donors (Lipinski definition) is 0. The lowest BCUT2D eigenvalue weighted by atomic mass is 10.2. The van der Waals surface area contributed by atoms with Gasteiger partial charge in [-0.1, -0.05) is 23.9 Å². The molecule has 4 aromatic rings. The lowest BCUT2D eigenvalue weighted by Gasteiger charge is -2.05. The van der Waals surface area contributed by atoms with Gasteiger partial charge in [0.25, 0.3) is 0 Å². The van der Waals surface area contributed by atoms with E-state index in [2.05, 4.69) is 21.2 Å². The van der Waals surface area contributed by atoms with Crippen molar-refractivity contribution in [1.82, 2.24) is 29.4 Å². The first-order valence-corrected chi connectivity index (χ1v) is 10.5. The van der Waals surface area contributed by atoms with Gasteiger partial charge in [0.1, 0.15) is 0 Å². The highest BCUT2D eigenvalue weighted by atomic mass is 32.2. The largest absolute Gasteiger partial charge is 0.465 e. The summed E-state index contributed by atoms with van der Waals surface area (Å²) in [5, 5.41) is 10.7. The Morgan fingerprint density at radius 2 is 2.00 bits per heavy atom. The van der Waals surface area contributed by atoms with Gasteiger partial charge >= 0.3 is 5.97 Å². The molecule has 8 nitrogen and oxygen atoms in total. The van der Waals surface area contributed by atoms with Crippen LogP contribution in [0, 0.1) is 13.8 Å². The van der Waals surface area contributed by atoms with Gasteiger partial charge in [0, 0.05) is 24.0 Å². The van der Waals surface area contributed by atoms with Crippen LogP contribution >= 0.6 is 11.8 Å². The van der Waals surface area contributed by atoms with Crippen LogP contribution in [0.4, 0.5) is 0 Å². The second kappa shape index (κ2) is 8.20. The highest BCUT2D eigenvalue weighted by Gasteiger charge is 2.15. The van der Waals surface area contributed by atoms with Gasteiger partial charge in [-0.2, -0.15) is 9.61 Å². The minimum atomic E-state index is -0.273. The molecule has 0 spiro atoms. The Bertz CT molecular complexity index is 1180. The number of aryl methyl sites for hydroxylation is 4. The summed E-state index contributed by atoms with van der Waals surface area (Å²) in [5.74, 6) is 0.619. The molecule has 9 heteroatoms. The molecule has 0 fully saturated rings. The zero-order valence-electron chi connectivity index (χ0n) is 16.6. The summed E-state index contributed by atoms with van der Waals surface area (Å²) in [5.41, 5.74) is 3.68. The molecule has 0 radical (unpaired) electrons. The lowest BCUT2D eigenvalue weighted by Crippen LogP contribution is -2.08. The Kier molecular flexibility index (Phi) is 5.48. The van der Waals surface area contributed by atoms with Crippen LogP contribution in [0.5, 0.6) is 0 Å². The number of para-hydroxylation sites is 1. The van der Waals surface area contributed by atoms with Crippen LogP contribution in [-0.2, 0) is 22.5 Å². The van der Waals surface area contributed by atoms with E-state index in [1.54, 1.807) is 11.4 Å². The second-order valence-electron chi connectivity index (χ2n) is 6.67. The van der Waals surface area contributed by atoms with E-state index in [9.17, 15) is 4.79 Å². The third-order valence-electron chi connectivity index (χ3n) is 4.47. The third-order valence-corrected chi connectivity index (χ3v) is 5.37. The van der Waals surface area contributed by atoms with Crippen molar-refractivity contribution in [3.05, 3.63) is 47.5 Å². The predicted molar refractivity (Wildman–Crippen MR) is 111 cm³/mol. The van der Waals surface area contributed by atoms with E-state index in [0.717, 1.165) is 27.9 Å². The molecular weight excluding hydrogens is 388 g/mol. The summed E-state index contributed by atoms with van der Waals surface area (Å²) >= 11 is 1.30. The van der Waals surface area contributed by atoms with Crippen LogP contribution in [-0.4, -0.2) is 47.7 Å². The van der Waals surface area contributed by atoms with Crippen molar-refractivity contribution in [2.24, 2.45) is 0 Å². The summed E-state index contributed by atoms with van der Waals surface area (Å²) in [6.07, 6.45) is 0.653. The molecule has 0 aliphatic carbocycles. The molecule has 3 heterocycles. The topological polar surface area (TPSA) is 87.2 Å². The van der Waals surface area contributed by atoms with Crippen molar-refractivity contribution >= 4 is 34.3 Å². The average Bonchev–Trinajstić information content (AvgIpc) is 3.27. The van der Waals surface area contributed by atoms with Crippen LogP contribution in [0.15, 0.2) is 35.5 Å². The minimum Gasteiger partial charge on any atom is -0.465 e. The van der Waals surface area contributed by atoms with Crippen LogP contribution in [0.2, 0.25) is 0 Å². The zero-order chi connectivity index (χ0) is 20.4. The predicted octanol–water partition coefficient (Wildman–Crippen LogP) is 2.99. The van der Waals surface area contributed by atoms with Gasteiger partial charge in [-0.25, -0.2) is 9.97 Å². The van der Waals surface area contributed by atoms with E-state index in [-0.39, 0.29) is 11.7 Å². The number of hydrogen-bond acceptors (Lipinski definition) is 7. The number of benzene rings is 1. The minimum absolute atomic E-state index is 0.176. The van der Waals surface area contributed by atoms with Crippen LogP contribution < -0.4 is 0 Å². The first-order valence-electron chi connectivity index (χ1n) is 9.49. The maximum Gasteiger partial charge on any atom is 0.316 e. The van der Waals surface area contributed by atoms with Crippen molar-refractivity contribution in [3.8, 4) is 0 Å². The lowest BCUT2D eigenvalue weighted by molar-refractivity contribution is -0.139. The summed E-state index contributed by atoms with van der Waals surface area (Å²) in [4.78, 5) is 21.2. The van der Waals surface area contributed by atoms with Gasteiger partial charge < -0.3 is 4.74 Å². The van der Waals surface area contributed by atoms with Crippen molar-refractivity contribution < 1.29 is 9.53 Å². The third kappa shape index (κ3) is 4.09. The molecule has 0 aliphatic rings. The van der Waals surface area contributed by atoms with Gasteiger partial charge in [-0.3, -0.25) is 9.48 Å². The molecule has 0 aliphatic heterocycles. The molecule has 0 N–H and O–H groups in total. The smallest absolute Gasteiger partial charge is 0.316 e. The maximum absolute atomic E-state index is 11.8. The number of nitrogens with zero attached hydrogens (tertiary/aromatic N) is 6.